The maximum Gasteiger partial charge on any atom is 0.414 e. The van der Waals surface area contributed by atoms with Gasteiger partial charge in [-0.25, -0.2) is 18.4 Å². The lowest BCUT2D eigenvalue weighted by atomic mass is 9.92. The minimum absolute atomic E-state index is 0.0298. The minimum Gasteiger partial charge on any atom is -0.488 e. The molecule has 2 aromatic carbocycles. The first-order valence-electron chi connectivity index (χ1n) is 13.1. The molecule has 3 aromatic rings. The Bertz CT molecular complexity index is 1570. The van der Waals surface area contributed by atoms with Gasteiger partial charge in [0.25, 0.3) is 0 Å². The molecule has 0 bridgehead atoms. The molecule has 2 aliphatic rings. The Balaban J connectivity index is 1.27. The monoisotopic (exact) mass is 573 g/mol. The predicted octanol–water partition coefficient (Wildman–Crippen LogP) is 2.73. The lowest BCUT2D eigenvalue weighted by Crippen LogP contribution is -2.48. The summed E-state index contributed by atoms with van der Waals surface area (Å²) in [6.07, 6.45) is 0.237. The van der Waals surface area contributed by atoms with Crippen LogP contribution >= 0.6 is 0 Å². The molecule has 3 N–H and O–H groups in total. The van der Waals surface area contributed by atoms with Crippen molar-refractivity contribution < 1.29 is 43.2 Å². The molecule has 11 nitrogen and oxygen atoms in total. The summed E-state index contributed by atoms with van der Waals surface area (Å²) < 4.78 is 42.1. The van der Waals surface area contributed by atoms with Crippen LogP contribution in [-0.2, 0) is 11.3 Å². The summed E-state index contributed by atoms with van der Waals surface area (Å²) in [6.45, 7) is 2.16. The largest absolute Gasteiger partial charge is 0.488 e. The molecule has 0 spiro atoms. The highest BCUT2D eigenvalue weighted by molar-refractivity contribution is 5.93. The van der Waals surface area contributed by atoms with Crippen molar-refractivity contribution in [2.45, 2.75) is 38.0 Å². The molecular weight excluding hydrogens is 544 g/mol. The number of aromatic carboxylic acids is 1. The van der Waals surface area contributed by atoms with E-state index in [0.29, 0.717) is 12.1 Å². The summed E-state index contributed by atoms with van der Waals surface area (Å²) in [5, 5.41) is 29.6. The van der Waals surface area contributed by atoms with Crippen LogP contribution in [-0.4, -0.2) is 76.5 Å². The van der Waals surface area contributed by atoms with Gasteiger partial charge in [-0.15, -0.1) is 0 Å². The zero-order valence-electron chi connectivity index (χ0n) is 22.2. The average molecular weight is 574 g/mol. The Morgan fingerprint density at radius 3 is 2.49 bits per heavy atom. The number of nitrogens with zero attached hydrogens (tertiary/aromatic N) is 3. The average Bonchev–Trinajstić information content (AvgIpc) is 3.33. The summed E-state index contributed by atoms with van der Waals surface area (Å²) in [5.41, 5.74) is -1.65. The van der Waals surface area contributed by atoms with E-state index >= 15 is 4.39 Å². The molecule has 2 aliphatic heterocycles. The third-order valence-electron chi connectivity index (χ3n) is 7.56. The fourth-order valence-electron chi connectivity index (χ4n) is 5.18. The number of cyclic esters (lactones) is 1. The predicted molar refractivity (Wildman–Crippen MR) is 144 cm³/mol. The SMILES string of the molecule is CCn1cc(C(=O)O)c(=O)c2cc(F)c(N3CCC(O)(COc4ccc(N5C[C@H](CO)OC5=O)cc4F)CC3)cc21. The number of hydrogen-bond donors (Lipinski definition) is 3. The number of carbonyl (C=O) groups is 2. The van der Waals surface area contributed by atoms with Crippen LogP contribution in [0.25, 0.3) is 10.9 Å². The number of aliphatic hydroxyl groups excluding tert-OH is 1. The number of halogens is 2. The zero-order valence-corrected chi connectivity index (χ0v) is 22.2. The highest BCUT2D eigenvalue weighted by atomic mass is 19.1. The number of fused-ring (bicyclic) bond motifs is 1. The number of carbonyl (C=O) groups excluding carboxylic acids is 1. The van der Waals surface area contributed by atoms with Gasteiger partial charge < -0.3 is 34.3 Å². The van der Waals surface area contributed by atoms with E-state index in [2.05, 4.69) is 0 Å². The molecule has 3 heterocycles. The number of carboxylic acid groups (broad SMARTS) is 1. The first-order valence-corrected chi connectivity index (χ1v) is 13.1. The topological polar surface area (TPSA) is 142 Å². The molecule has 1 amide bonds. The van der Waals surface area contributed by atoms with Crippen LogP contribution in [0.1, 0.15) is 30.1 Å². The van der Waals surface area contributed by atoms with Crippen LogP contribution in [0.5, 0.6) is 5.75 Å². The normalized spacial score (nSPS) is 18.6. The third-order valence-corrected chi connectivity index (χ3v) is 7.56. The Labute approximate surface area is 232 Å². The van der Waals surface area contributed by atoms with Crippen LogP contribution in [0, 0.1) is 11.6 Å². The van der Waals surface area contributed by atoms with Crippen molar-refractivity contribution in [2.24, 2.45) is 0 Å². The molecule has 2 saturated heterocycles. The zero-order chi connectivity index (χ0) is 29.5. The molecule has 0 saturated carbocycles. The second kappa shape index (κ2) is 11.0. The number of aliphatic hydroxyl groups is 2. The summed E-state index contributed by atoms with van der Waals surface area (Å²) in [5.74, 6) is -2.93. The Morgan fingerprint density at radius 1 is 1.15 bits per heavy atom. The minimum atomic E-state index is -1.38. The van der Waals surface area contributed by atoms with Crippen molar-refractivity contribution in [3.63, 3.8) is 0 Å². The smallest absolute Gasteiger partial charge is 0.414 e. The van der Waals surface area contributed by atoms with Crippen LogP contribution in [0.4, 0.5) is 25.0 Å². The number of piperidine rings is 1. The van der Waals surface area contributed by atoms with E-state index in [9.17, 15) is 34.1 Å². The van der Waals surface area contributed by atoms with Gasteiger partial charge in [-0.3, -0.25) is 9.69 Å². The highest BCUT2D eigenvalue weighted by Crippen LogP contribution is 2.32. The van der Waals surface area contributed by atoms with Crippen molar-refractivity contribution in [2.75, 3.05) is 42.6 Å². The molecule has 2 fully saturated rings. The van der Waals surface area contributed by atoms with Gasteiger partial charge in [0.2, 0.25) is 5.43 Å². The number of rotatable bonds is 8. The van der Waals surface area contributed by atoms with Gasteiger partial charge in [-0.1, -0.05) is 0 Å². The van der Waals surface area contributed by atoms with E-state index in [1.54, 1.807) is 16.4 Å². The van der Waals surface area contributed by atoms with Crippen LogP contribution < -0.4 is 20.0 Å². The van der Waals surface area contributed by atoms with Crippen molar-refractivity contribution in [1.29, 1.82) is 0 Å². The number of pyridine rings is 1. The number of benzene rings is 2. The maximum atomic E-state index is 15.2. The van der Waals surface area contributed by atoms with Crippen LogP contribution in [0.3, 0.4) is 0 Å². The van der Waals surface area contributed by atoms with Gasteiger partial charge >= 0.3 is 12.1 Å². The van der Waals surface area contributed by atoms with Crippen molar-refractivity contribution in [3.05, 3.63) is 63.9 Å². The Hall–Kier alpha value is -4.23. The number of hydrogen-bond acceptors (Lipinski definition) is 8. The van der Waals surface area contributed by atoms with E-state index in [1.165, 1.54) is 29.3 Å². The van der Waals surface area contributed by atoms with Crippen molar-refractivity contribution >= 4 is 34.3 Å². The molecule has 41 heavy (non-hydrogen) atoms. The summed E-state index contributed by atoms with van der Waals surface area (Å²) in [7, 11) is 0. The lowest BCUT2D eigenvalue weighted by Gasteiger charge is -2.39. The van der Waals surface area contributed by atoms with Crippen LogP contribution in [0.15, 0.2) is 41.3 Å². The van der Waals surface area contributed by atoms with E-state index < -0.39 is 46.4 Å². The molecule has 218 valence electrons. The number of carboxylic acids is 1. The first kappa shape index (κ1) is 28.3. The van der Waals surface area contributed by atoms with Gasteiger partial charge in [-0.05, 0) is 44.0 Å². The Kier molecular flexibility index (Phi) is 7.58. The van der Waals surface area contributed by atoms with Crippen molar-refractivity contribution in [1.82, 2.24) is 4.57 Å². The quantitative estimate of drug-likeness (QED) is 0.371. The molecule has 0 aliphatic carbocycles. The van der Waals surface area contributed by atoms with Gasteiger partial charge in [0.1, 0.15) is 29.7 Å². The second-order valence-corrected chi connectivity index (χ2v) is 10.2. The van der Waals surface area contributed by atoms with Gasteiger partial charge in [0.05, 0.1) is 30.0 Å². The van der Waals surface area contributed by atoms with Crippen molar-refractivity contribution in [3.8, 4) is 5.75 Å². The fraction of sp³-hybridized carbons (Fsp3) is 0.393. The summed E-state index contributed by atoms with van der Waals surface area (Å²) in [6, 6.07) is 6.49. The van der Waals surface area contributed by atoms with E-state index in [4.69, 9.17) is 9.47 Å². The van der Waals surface area contributed by atoms with E-state index in [0.717, 1.165) is 12.1 Å². The van der Waals surface area contributed by atoms with E-state index in [-0.39, 0.29) is 68.2 Å². The fourth-order valence-corrected chi connectivity index (χ4v) is 5.18. The lowest BCUT2D eigenvalue weighted by molar-refractivity contribution is -0.0250. The maximum absolute atomic E-state index is 15.2. The molecule has 1 atom stereocenters. The number of anilines is 2. The number of aryl methyl sites for hydroxylation is 1. The standard InChI is InChI=1S/C28H29F2N3O8/c1-2-31-13-19(26(36)37)25(35)18-10-20(29)23(11-22(18)31)32-7-5-28(39,6-8-32)15-40-24-4-3-16(9-21(24)30)33-12-17(14-34)41-27(33)38/h3-4,9-11,13,17,34,39H,2,5-8,12,14-15H2,1H3,(H,36,37)/t17-/m1/s1. The second-order valence-electron chi connectivity index (χ2n) is 10.2. The molecule has 13 heteroatoms. The number of ether oxygens (including phenoxy) is 2. The van der Waals surface area contributed by atoms with Gasteiger partial charge in [0, 0.05) is 37.3 Å². The highest BCUT2D eigenvalue weighted by Gasteiger charge is 2.35. The number of aromatic nitrogens is 1. The molecule has 1 aromatic heterocycles. The third kappa shape index (κ3) is 5.42. The van der Waals surface area contributed by atoms with Gasteiger partial charge in [0.15, 0.2) is 11.6 Å². The summed E-state index contributed by atoms with van der Waals surface area (Å²) in [4.78, 5) is 39.0. The van der Waals surface area contributed by atoms with Crippen LogP contribution in [0.2, 0.25) is 0 Å². The Morgan fingerprint density at radius 2 is 1.88 bits per heavy atom. The van der Waals surface area contributed by atoms with Gasteiger partial charge in [-0.2, -0.15) is 0 Å². The van der Waals surface area contributed by atoms with E-state index in [1.807, 2.05) is 0 Å². The molecule has 0 radical (unpaired) electrons. The summed E-state index contributed by atoms with van der Waals surface area (Å²) >= 11 is 0. The first-order chi connectivity index (χ1) is 19.5. The number of amides is 1. The molecule has 5 rings (SSSR count). The molecular formula is C28H29F2N3O8. The molecule has 0 unspecified atom stereocenters.